The summed E-state index contributed by atoms with van der Waals surface area (Å²) in [5, 5.41) is 5.65. The molecule has 2 N–H and O–H groups in total. The highest BCUT2D eigenvalue weighted by molar-refractivity contribution is 6.05. The number of anilines is 1. The third kappa shape index (κ3) is 5.31. The molecular weight excluding hydrogens is 318 g/mol. The molecule has 6 nitrogen and oxygen atoms in total. The molecule has 0 fully saturated rings. The van der Waals surface area contributed by atoms with E-state index >= 15 is 0 Å². The van der Waals surface area contributed by atoms with Crippen LogP contribution < -0.4 is 15.4 Å². The van der Waals surface area contributed by atoms with Gasteiger partial charge in [-0.15, -0.1) is 0 Å². The minimum Gasteiger partial charge on any atom is -0.476 e. The maximum absolute atomic E-state index is 12.4. The average molecular weight is 341 g/mol. The number of benzene rings is 1. The summed E-state index contributed by atoms with van der Waals surface area (Å²) in [6.07, 6.45) is 1.60. The van der Waals surface area contributed by atoms with Crippen molar-refractivity contribution in [1.29, 1.82) is 0 Å². The highest BCUT2D eigenvalue weighted by Crippen LogP contribution is 2.21. The minimum absolute atomic E-state index is 0.176. The molecule has 2 aromatic rings. The lowest BCUT2D eigenvalue weighted by molar-refractivity contribution is 0.0918. The lowest BCUT2D eigenvalue weighted by atomic mass is 10.1. The normalized spacial score (nSPS) is 10.9. The van der Waals surface area contributed by atoms with Crippen molar-refractivity contribution in [3.05, 3.63) is 53.7 Å². The third-order valence-corrected chi connectivity index (χ3v) is 3.20. The van der Waals surface area contributed by atoms with Gasteiger partial charge in [-0.2, -0.15) is 0 Å². The molecule has 0 aliphatic rings. The number of amides is 2. The molecule has 0 atom stereocenters. The molecule has 25 heavy (non-hydrogen) atoms. The fourth-order valence-electron chi connectivity index (χ4n) is 2.12. The Balaban J connectivity index is 2.10. The quantitative estimate of drug-likeness (QED) is 0.875. The van der Waals surface area contributed by atoms with E-state index in [0.717, 1.165) is 0 Å². The van der Waals surface area contributed by atoms with Crippen molar-refractivity contribution < 1.29 is 14.3 Å². The molecule has 132 valence electrons. The molecule has 0 aliphatic heterocycles. The second-order valence-corrected chi connectivity index (χ2v) is 6.52. The summed E-state index contributed by atoms with van der Waals surface area (Å²) in [5.74, 6) is -0.0957. The highest BCUT2D eigenvalue weighted by atomic mass is 16.5. The first-order valence-electron chi connectivity index (χ1n) is 8.12. The number of ether oxygens (including phenoxy) is 1. The van der Waals surface area contributed by atoms with Gasteiger partial charge in [0.2, 0.25) is 5.88 Å². The number of carbonyl (C=O) groups is 2. The van der Waals surface area contributed by atoms with E-state index in [1.165, 1.54) is 0 Å². The fourth-order valence-corrected chi connectivity index (χ4v) is 2.12. The molecule has 0 spiro atoms. The monoisotopic (exact) mass is 341 g/mol. The summed E-state index contributed by atoms with van der Waals surface area (Å²) in [5.41, 5.74) is 1.13. The Kier molecular flexibility index (Phi) is 5.75. The second-order valence-electron chi connectivity index (χ2n) is 6.52. The Hall–Kier alpha value is -2.89. The van der Waals surface area contributed by atoms with Gasteiger partial charge in [0.05, 0.1) is 6.61 Å². The van der Waals surface area contributed by atoms with Gasteiger partial charge in [0, 0.05) is 22.9 Å². The number of nitrogens with one attached hydrogen (secondary N) is 2. The van der Waals surface area contributed by atoms with Crippen LogP contribution in [0.25, 0.3) is 0 Å². The third-order valence-electron chi connectivity index (χ3n) is 3.20. The van der Waals surface area contributed by atoms with Gasteiger partial charge in [-0.05, 0) is 64.1 Å². The minimum atomic E-state index is -0.316. The van der Waals surface area contributed by atoms with E-state index in [1.54, 1.807) is 42.6 Å². The number of nitrogens with zero attached hydrogens (tertiary/aromatic N) is 1. The van der Waals surface area contributed by atoms with E-state index in [9.17, 15) is 9.59 Å². The average Bonchev–Trinajstić information content (AvgIpc) is 2.55. The molecule has 1 aromatic heterocycles. The van der Waals surface area contributed by atoms with Gasteiger partial charge in [-0.3, -0.25) is 9.59 Å². The molecule has 0 saturated heterocycles. The Bertz CT molecular complexity index is 749. The van der Waals surface area contributed by atoms with Crippen molar-refractivity contribution in [2.45, 2.75) is 33.2 Å². The molecule has 0 radical (unpaired) electrons. The lowest BCUT2D eigenvalue weighted by Gasteiger charge is -2.20. The van der Waals surface area contributed by atoms with E-state index in [0.29, 0.717) is 29.3 Å². The van der Waals surface area contributed by atoms with Gasteiger partial charge < -0.3 is 15.4 Å². The van der Waals surface area contributed by atoms with Crippen LogP contribution in [-0.4, -0.2) is 28.9 Å². The number of rotatable bonds is 5. The van der Waals surface area contributed by atoms with Crippen LogP contribution in [-0.2, 0) is 0 Å². The number of hydrogen-bond acceptors (Lipinski definition) is 4. The summed E-state index contributed by atoms with van der Waals surface area (Å²) >= 11 is 0. The first kappa shape index (κ1) is 18.4. The Morgan fingerprint density at radius 1 is 1.04 bits per heavy atom. The number of carbonyl (C=O) groups excluding carboxylic acids is 2. The van der Waals surface area contributed by atoms with Crippen LogP contribution in [0.2, 0.25) is 0 Å². The SMILES string of the molecule is CCOc1ncccc1NC(=O)c1ccc(C(=O)NC(C)(C)C)cc1. The molecular formula is C19H23N3O3. The molecule has 0 saturated carbocycles. The molecule has 0 unspecified atom stereocenters. The largest absolute Gasteiger partial charge is 0.476 e. The van der Waals surface area contributed by atoms with Crippen LogP contribution in [0, 0.1) is 0 Å². The van der Waals surface area contributed by atoms with E-state index in [1.807, 2.05) is 27.7 Å². The van der Waals surface area contributed by atoms with Gasteiger partial charge in [-0.25, -0.2) is 4.98 Å². The molecule has 0 aliphatic carbocycles. The van der Waals surface area contributed by atoms with E-state index < -0.39 is 0 Å². The smallest absolute Gasteiger partial charge is 0.255 e. The summed E-state index contributed by atoms with van der Waals surface area (Å²) in [4.78, 5) is 28.6. The zero-order valence-electron chi connectivity index (χ0n) is 14.9. The lowest BCUT2D eigenvalue weighted by Crippen LogP contribution is -2.40. The van der Waals surface area contributed by atoms with Gasteiger partial charge in [0.25, 0.3) is 11.8 Å². The molecule has 1 heterocycles. The van der Waals surface area contributed by atoms with Gasteiger partial charge in [0.1, 0.15) is 5.69 Å². The van der Waals surface area contributed by atoms with Gasteiger partial charge >= 0.3 is 0 Å². The van der Waals surface area contributed by atoms with Crippen molar-refractivity contribution >= 4 is 17.5 Å². The molecule has 2 rings (SSSR count). The summed E-state index contributed by atoms with van der Waals surface area (Å²) < 4.78 is 5.39. The van der Waals surface area contributed by atoms with Crippen LogP contribution in [0.4, 0.5) is 5.69 Å². The van der Waals surface area contributed by atoms with Gasteiger partial charge in [-0.1, -0.05) is 0 Å². The topological polar surface area (TPSA) is 80.3 Å². The number of aromatic nitrogens is 1. The van der Waals surface area contributed by atoms with E-state index in [4.69, 9.17) is 4.74 Å². The van der Waals surface area contributed by atoms with Crippen molar-refractivity contribution in [2.75, 3.05) is 11.9 Å². The van der Waals surface area contributed by atoms with Crippen molar-refractivity contribution in [3.8, 4) is 5.88 Å². The van der Waals surface area contributed by atoms with Crippen LogP contribution >= 0.6 is 0 Å². The zero-order valence-corrected chi connectivity index (χ0v) is 14.9. The van der Waals surface area contributed by atoms with E-state index in [-0.39, 0.29) is 17.4 Å². The first-order valence-corrected chi connectivity index (χ1v) is 8.12. The summed E-state index contributed by atoms with van der Waals surface area (Å²) in [6, 6.07) is 9.93. The Morgan fingerprint density at radius 3 is 2.20 bits per heavy atom. The standard InChI is InChI=1S/C19H23N3O3/c1-5-25-18-15(7-6-12-20-18)21-16(23)13-8-10-14(11-9-13)17(24)22-19(2,3)4/h6-12H,5H2,1-4H3,(H,21,23)(H,22,24). The van der Waals surface area contributed by atoms with Crippen LogP contribution in [0.15, 0.2) is 42.6 Å². The van der Waals surface area contributed by atoms with Gasteiger partial charge in [0.15, 0.2) is 0 Å². The number of pyridine rings is 1. The van der Waals surface area contributed by atoms with Crippen LogP contribution in [0.5, 0.6) is 5.88 Å². The molecule has 0 bridgehead atoms. The summed E-state index contributed by atoms with van der Waals surface area (Å²) in [7, 11) is 0. The molecule has 1 aromatic carbocycles. The maximum atomic E-state index is 12.4. The van der Waals surface area contributed by atoms with Crippen LogP contribution in [0.3, 0.4) is 0 Å². The van der Waals surface area contributed by atoms with Crippen molar-refractivity contribution in [3.63, 3.8) is 0 Å². The predicted octanol–water partition coefficient (Wildman–Crippen LogP) is 3.26. The van der Waals surface area contributed by atoms with Crippen molar-refractivity contribution in [2.24, 2.45) is 0 Å². The van der Waals surface area contributed by atoms with Crippen LogP contribution in [0.1, 0.15) is 48.4 Å². The zero-order chi connectivity index (χ0) is 18.4. The molecule has 6 heteroatoms. The van der Waals surface area contributed by atoms with E-state index in [2.05, 4.69) is 15.6 Å². The first-order chi connectivity index (χ1) is 11.8. The maximum Gasteiger partial charge on any atom is 0.255 e. The second kappa shape index (κ2) is 7.79. The Morgan fingerprint density at radius 2 is 1.64 bits per heavy atom. The fraction of sp³-hybridized carbons (Fsp3) is 0.316. The highest BCUT2D eigenvalue weighted by Gasteiger charge is 2.16. The number of hydrogen-bond donors (Lipinski definition) is 2. The van der Waals surface area contributed by atoms with Crippen molar-refractivity contribution in [1.82, 2.24) is 10.3 Å². The molecule has 2 amide bonds. The Labute approximate surface area is 147 Å². The predicted molar refractivity (Wildman–Crippen MR) is 97.0 cm³/mol. The summed E-state index contributed by atoms with van der Waals surface area (Å²) in [6.45, 7) is 8.04.